The van der Waals surface area contributed by atoms with Gasteiger partial charge < -0.3 is 20.9 Å². The zero-order chi connectivity index (χ0) is 18.9. The van der Waals surface area contributed by atoms with Crippen LogP contribution in [0, 0.1) is 5.92 Å². The van der Waals surface area contributed by atoms with Crippen molar-refractivity contribution >= 4 is 41.8 Å². The fourth-order valence-corrected chi connectivity index (χ4v) is 2.88. The number of halogens is 1. The van der Waals surface area contributed by atoms with Gasteiger partial charge in [-0.3, -0.25) is 14.6 Å². The highest BCUT2D eigenvalue weighted by Crippen LogP contribution is 2.12. The van der Waals surface area contributed by atoms with Crippen LogP contribution in [-0.4, -0.2) is 61.9 Å². The molecule has 1 heterocycles. The van der Waals surface area contributed by atoms with Crippen molar-refractivity contribution in [3.8, 4) is 0 Å². The first-order valence-corrected chi connectivity index (χ1v) is 9.10. The average molecular weight is 487 g/mol. The largest absolute Gasteiger partial charge is 0.355 e. The lowest BCUT2D eigenvalue weighted by Gasteiger charge is -2.20. The molecule has 1 atom stereocenters. The molecule has 2 rings (SSSR count). The molecule has 0 radical (unpaired) electrons. The van der Waals surface area contributed by atoms with Crippen LogP contribution in [-0.2, 0) is 4.79 Å². The van der Waals surface area contributed by atoms with Crippen molar-refractivity contribution in [1.82, 2.24) is 20.9 Å². The number of benzene rings is 1. The predicted octanol–water partition coefficient (Wildman–Crippen LogP) is 1.46. The Morgan fingerprint density at radius 1 is 1.19 bits per heavy atom. The number of guanidine groups is 1. The monoisotopic (exact) mass is 487 g/mol. The smallest absolute Gasteiger partial charge is 0.251 e. The quantitative estimate of drug-likeness (QED) is 0.246. The van der Waals surface area contributed by atoms with E-state index in [9.17, 15) is 9.59 Å². The molecule has 1 unspecified atom stereocenters. The van der Waals surface area contributed by atoms with E-state index in [-0.39, 0.29) is 47.8 Å². The molecule has 1 aliphatic heterocycles. The van der Waals surface area contributed by atoms with Gasteiger partial charge in [-0.15, -0.1) is 24.0 Å². The van der Waals surface area contributed by atoms with E-state index in [0.29, 0.717) is 31.2 Å². The Balaban J connectivity index is 0.00000364. The third-order valence-electron chi connectivity index (χ3n) is 4.30. The zero-order valence-electron chi connectivity index (χ0n) is 16.2. The summed E-state index contributed by atoms with van der Waals surface area (Å²) in [5, 5.41) is 9.40. The van der Waals surface area contributed by atoms with Gasteiger partial charge in [0.1, 0.15) is 0 Å². The van der Waals surface area contributed by atoms with Crippen LogP contribution in [0.4, 0.5) is 0 Å². The Hall–Kier alpha value is -1.84. The SMILES string of the molecule is CN=C(NCCNC(=O)c1ccccc1)NC1CCN(C(=O)C(C)C)C1.I. The van der Waals surface area contributed by atoms with Gasteiger partial charge >= 0.3 is 0 Å². The van der Waals surface area contributed by atoms with Gasteiger partial charge in [-0.2, -0.15) is 0 Å². The fraction of sp³-hybridized carbons (Fsp3) is 0.526. The Bertz CT molecular complexity index is 636. The highest BCUT2D eigenvalue weighted by atomic mass is 127. The molecule has 0 spiro atoms. The van der Waals surface area contributed by atoms with E-state index in [1.165, 1.54) is 0 Å². The van der Waals surface area contributed by atoms with Gasteiger partial charge in [0.2, 0.25) is 5.91 Å². The van der Waals surface area contributed by atoms with E-state index >= 15 is 0 Å². The van der Waals surface area contributed by atoms with E-state index in [1.807, 2.05) is 36.9 Å². The Labute approximate surface area is 178 Å². The molecule has 1 aromatic rings. The molecule has 1 aromatic carbocycles. The van der Waals surface area contributed by atoms with Crippen molar-refractivity contribution in [3.63, 3.8) is 0 Å². The molecule has 1 aliphatic rings. The number of likely N-dealkylation sites (tertiary alicyclic amines) is 1. The maximum absolute atomic E-state index is 12.0. The second-order valence-electron chi connectivity index (χ2n) is 6.69. The maximum Gasteiger partial charge on any atom is 0.251 e. The van der Waals surface area contributed by atoms with Crippen LogP contribution in [0.25, 0.3) is 0 Å². The Kier molecular flexibility index (Phi) is 10.1. The summed E-state index contributed by atoms with van der Waals surface area (Å²) in [4.78, 5) is 30.1. The zero-order valence-corrected chi connectivity index (χ0v) is 18.5. The van der Waals surface area contributed by atoms with E-state index < -0.39 is 0 Å². The third-order valence-corrected chi connectivity index (χ3v) is 4.30. The maximum atomic E-state index is 12.0. The van der Waals surface area contributed by atoms with Crippen LogP contribution < -0.4 is 16.0 Å². The summed E-state index contributed by atoms with van der Waals surface area (Å²) in [5.41, 5.74) is 0.649. The Morgan fingerprint density at radius 3 is 2.48 bits per heavy atom. The van der Waals surface area contributed by atoms with Crippen LogP contribution in [0.15, 0.2) is 35.3 Å². The summed E-state index contributed by atoms with van der Waals surface area (Å²) < 4.78 is 0. The number of carbonyl (C=O) groups is 2. The highest BCUT2D eigenvalue weighted by Gasteiger charge is 2.27. The van der Waals surface area contributed by atoms with Crippen LogP contribution in [0.3, 0.4) is 0 Å². The topological polar surface area (TPSA) is 85.8 Å². The van der Waals surface area contributed by atoms with Gasteiger partial charge in [0.25, 0.3) is 5.91 Å². The van der Waals surface area contributed by atoms with Crippen molar-refractivity contribution in [2.45, 2.75) is 26.3 Å². The van der Waals surface area contributed by atoms with Crippen molar-refractivity contribution in [3.05, 3.63) is 35.9 Å². The summed E-state index contributed by atoms with van der Waals surface area (Å²) in [6, 6.07) is 9.33. The van der Waals surface area contributed by atoms with E-state index in [4.69, 9.17) is 0 Å². The lowest BCUT2D eigenvalue weighted by molar-refractivity contribution is -0.133. The predicted molar refractivity (Wildman–Crippen MR) is 119 cm³/mol. The van der Waals surface area contributed by atoms with Gasteiger partial charge in [-0.1, -0.05) is 32.0 Å². The lowest BCUT2D eigenvalue weighted by Crippen LogP contribution is -2.47. The van der Waals surface area contributed by atoms with Crippen molar-refractivity contribution in [2.75, 3.05) is 33.2 Å². The second kappa shape index (κ2) is 11.8. The van der Waals surface area contributed by atoms with Gasteiger partial charge in [0, 0.05) is 50.7 Å². The van der Waals surface area contributed by atoms with Crippen molar-refractivity contribution in [1.29, 1.82) is 0 Å². The van der Waals surface area contributed by atoms with Crippen LogP contribution >= 0.6 is 24.0 Å². The molecule has 0 saturated carbocycles. The highest BCUT2D eigenvalue weighted by molar-refractivity contribution is 14.0. The minimum absolute atomic E-state index is 0. The van der Waals surface area contributed by atoms with Crippen LogP contribution in [0.5, 0.6) is 0 Å². The summed E-state index contributed by atoms with van der Waals surface area (Å²) in [6.07, 6.45) is 0.907. The molecule has 0 aromatic heterocycles. The minimum Gasteiger partial charge on any atom is -0.355 e. The fourth-order valence-electron chi connectivity index (χ4n) is 2.88. The summed E-state index contributed by atoms with van der Waals surface area (Å²) in [5.74, 6) is 0.817. The molecule has 150 valence electrons. The Morgan fingerprint density at radius 2 is 1.85 bits per heavy atom. The second-order valence-corrected chi connectivity index (χ2v) is 6.69. The lowest BCUT2D eigenvalue weighted by atomic mass is 10.2. The van der Waals surface area contributed by atoms with Gasteiger partial charge in [-0.05, 0) is 18.6 Å². The molecule has 0 aliphatic carbocycles. The molecule has 0 bridgehead atoms. The molecular formula is C19H30IN5O2. The number of aliphatic imine (C=N–C) groups is 1. The molecule has 3 N–H and O–H groups in total. The standard InChI is InChI=1S/C19H29N5O2.HI/c1-14(2)18(26)24-12-9-16(13-24)23-19(20-3)22-11-10-21-17(25)15-7-5-4-6-8-15;/h4-8,14,16H,9-13H2,1-3H3,(H,21,25)(H2,20,22,23);1H. The number of hydrogen-bond acceptors (Lipinski definition) is 3. The number of amides is 2. The molecule has 7 nitrogen and oxygen atoms in total. The molecule has 1 fully saturated rings. The summed E-state index contributed by atoms with van der Waals surface area (Å²) in [6.45, 7) is 6.39. The van der Waals surface area contributed by atoms with E-state index in [2.05, 4.69) is 20.9 Å². The first kappa shape index (κ1) is 23.2. The number of nitrogens with one attached hydrogen (secondary N) is 3. The molecule has 1 saturated heterocycles. The molecule has 8 heteroatoms. The van der Waals surface area contributed by atoms with Crippen LogP contribution in [0.2, 0.25) is 0 Å². The number of hydrogen-bond donors (Lipinski definition) is 3. The first-order valence-electron chi connectivity index (χ1n) is 9.10. The van der Waals surface area contributed by atoms with E-state index in [0.717, 1.165) is 13.0 Å². The van der Waals surface area contributed by atoms with E-state index in [1.54, 1.807) is 19.2 Å². The van der Waals surface area contributed by atoms with Crippen molar-refractivity contribution in [2.24, 2.45) is 10.9 Å². The minimum atomic E-state index is -0.0889. The number of carbonyl (C=O) groups excluding carboxylic acids is 2. The van der Waals surface area contributed by atoms with Crippen LogP contribution in [0.1, 0.15) is 30.6 Å². The third kappa shape index (κ3) is 7.36. The normalized spacial score (nSPS) is 16.7. The first-order chi connectivity index (χ1) is 12.5. The van der Waals surface area contributed by atoms with Gasteiger partial charge in [-0.25, -0.2) is 0 Å². The summed E-state index contributed by atoms with van der Waals surface area (Å²) >= 11 is 0. The van der Waals surface area contributed by atoms with Crippen molar-refractivity contribution < 1.29 is 9.59 Å². The number of nitrogens with zero attached hydrogens (tertiary/aromatic N) is 2. The van der Waals surface area contributed by atoms with Gasteiger partial charge in [0.15, 0.2) is 5.96 Å². The number of rotatable bonds is 6. The average Bonchev–Trinajstić information content (AvgIpc) is 3.12. The van der Waals surface area contributed by atoms with Gasteiger partial charge in [0.05, 0.1) is 0 Å². The molecule has 2 amide bonds. The molecular weight excluding hydrogens is 457 g/mol. The molecule has 27 heavy (non-hydrogen) atoms. The summed E-state index contributed by atoms with van der Waals surface area (Å²) in [7, 11) is 1.71.